The zero-order valence-corrected chi connectivity index (χ0v) is 28.5. The minimum atomic E-state index is 0.0355. The Morgan fingerprint density at radius 3 is 1.35 bits per heavy atom. The number of fused-ring (bicyclic) bond motifs is 1. The molecule has 0 bridgehead atoms. The minimum Gasteiger partial charge on any atom is -0.400 e. The molecule has 0 amide bonds. The lowest BCUT2D eigenvalue weighted by Gasteiger charge is -2.23. The number of aryl methyl sites for hydroxylation is 3. The first-order valence-corrected chi connectivity index (χ1v) is 16.7. The van der Waals surface area contributed by atoms with Crippen LogP contribution >= 0.6 is 0 Å². The Kier molecular flexibility index (Phi) is 10.4. The molecule has 0 saturated carbocycles. The Bertz CT molecular complexity index is 2020. The van der Waals surface area contributed by atoms with Gasteiger partial charge < -0.3 is 21.1 Å². The lowest BCUT2D eigenvalue weighted by Crippen LogP contribution is -2.06. The molecule has 0 saturated heterocycles. The fraction of sp³-hybridized carbons (Fsp3) is 0.111. The Labute approximate surface area is 290 Å². The predicted molar refractivity (Wildman–Crippen MR) is 209 cm³/mol. The van der Waals surface area contributed by atoms with Gasteiger partial charge in [0.2, 0.25) is 0 Å². The van der Waals surface area contributed by atoms with Gasteiger partial charge in [-0.3, -0.25) is 0 Å². The summed E-state index contributed by atoms with van der Waals surface area (Å²) in [7, 11) is 1.00. The molecule has 0 fully saturated rings. The van der Waals surface area contributed by atoms with Gasteiger partial charge in [-0.25, -0.2) is 0 Å². The molecular formula is C45H43N3O. The first-order chi connectivity index (χ1) is 24.0. The summed E-state index contributed by atoms with van der Waals surface area (Å²) in [6.45, 7) is 6.52. The van der Waals surface area contributed by atoms with Gasteiger partial charge in [0, 0.05) is 52.5 Å². The summed E-state index contributed by atoms with van der Waals surface area (Å²) in [5.41, 5.74) is 14.1. The van der Waals surface area contributed by atoms with Crippen molar-refractivity contribution in [3.8, 4) is 0 Å². The van der Waals surface area contributed by atoms with E-state index in [0.29, 0.717) is 0 Å². The number of para-hydroxylation sites is 2. The van der Waals surface area contributed by atoms with Crippen molar-refractivity contribution in [2.24, 2.45) is 0 Å². The van der Waals surface area contributed by atoms with Crippen LogP contribution in [0.3, 0.4) is 0 Å². The number of rotatable bonds is 9. The molecule has 7 rings (SSSR count). The van der Waals surface area contributed by atoms with Crippen molar-refractivity contribution >= 4 is 44.9 Å². The fourth-order valence-electron chi connectivity index (χ4n) is 6.64. The summed E-state index contributed by atoms with van der Waals surface area (Å²) >= 11 is 0. The number of aliphatic hydroxyl groups is 1. The number of benzene rings is 7. The lowest BCUT2D eigenvalue weighted by molar-refractivity contribution is 0.399. The number of hydrogen-bond acceptors (Lipinski definition) is 4. The molecule has 4 N–H and O–H groups in total. The third-order valence-electron chi connectivity index (χ3n) is 8.82. The Morgan fingerprint density at radius 1 is 0.429 bits per heavy atom. The number of anilines is 6. The predicted octanol–water partition coefficient (Wildman–Crippen LogP) is 11.8. The van der Waals surface area contributed by atoms with Crippen LogP contribution in [0.2, 0.25) is 0 Å². The van der Waals surface area contributed by atoms with Crippen LogP contribution in [-0.2, 0) is 0 Å². The lowest BCUT2D eigenvalue weighted by atomic mass is 9.82. The van der Waals surface area contributed by atoms with Crippen molar-refractivity contribution in [3.63, 3.8) is 0 Å². The van der Waals surface area contributed by atoms with Crippen molar-refractivity contribution in [1.82, 2.24) is 0 Å². The van der Waals surface area contributed by atoms with Crippen molar-refractivity contribution in [2.45, 2.75) is 26.7 Å². The van der Waals surface area contributed by atoms with Crippen LogP contribution in [0.1, 0.15) is 39.3 Å². The molecule has 0 aliphatic rings. The maximum absolute atomic E-state index is 7.00. The van der Waals surface area contributed by atoms with Crippen LogP contribution in [0.5, 0.6) is 0 Å². The van der Waals surface area contributed by atoms with Crippen molar-refractivity contribution < 1.29 is 5.11 Å². The monoisotopic (exact) mass is 641 g/mol. The summed E-state index contributed by atoms with van der Waals surface area (Å²) in [6, 6.07) is 56.2. The fourth-order valence-corrected chi connectivity index (χ4v) is 6.64. The highest BCUT2D eigenvalue weighted by atomic mass is 16.2. The van der Waals surface area contributed by atoms with Crippen LogP contribution in [0.4, 0.5) is 34.1 Å². The van der Waals surface area contributed by atoms with Crippen molar-refractivity contribution in [3.05, 3.63) is 191 Å². The zero-order chi connectivity index (χ0) is 34.2. The highest BCUT2D eigenvalue weighted by Crippen LogP contribution is 2.40. The highest BCUT2D eigenvalue weighted by molar-refractivity contribution is 5.98. The summed E-state index contributed by atoms with van der Waals surface area (Å²) in [6.07, 6.45) is 0. The van der Waals surface area contributed by atoms with Crippen molar-refractivity contribution in [1.29, 1.82) is 0 Å². The second kappa shape index (κ2) is 15.4. The van der Waals surface area contributed by atoms with Crippen LogP contribution in [0, 0.1) is 20.8 Å². The number of hydrogen-bond donors (Lipinski definition) is 4. The minimum absolute atomic E-state index is 0.0355. The Balaban J connectivity index is 0.00000205. The van der Waals surface area contributed by atoms with Gasteiger partial charge >= 0.3 is 0 Å². The molecule has 0 heterocycles. The van der Waals surface area contributed by atoms with E-state index in [0.717, 1.165) is 35.5 Å². The summed E-state index contributed by atoms with van der Waals surface area (Å²) in [4.78, 5) is 0. The van der Waals surface area contributed by atoms with E-state index >= 15 is 0 Å². The van der Waals surface area contributed by atoms with Gasteiger partial charge in [0.1, 0.15) is 0 Å². The second-order valence-corrected chi connectivity index (χ2v) is 12.3. The highest BCUT2D eigenvalue weighted by Gasteiger charge is 2.21. The maximum Gasteiger partial charge on any atom is 0.0464 e. The average molecular weight is 642 g/mol. The zero-order valence-electron chi connectivity index (χ0n) is 28.5. The standard InChI is InChI=1S/C44H39N3.CH4O/c1-30-28-31(2)44(32(3)29-30)47-42-27-26-41(39-16-10-11-17-40(39)42)43(33-18-22-37(23-19-33)45-35-12-6-4-7-13-35)34-20-24-38(25-21-34)46-36-14-8-5-9-15-36;1-2/h4-29,43,45-47H,1-3H3;2H,1H3. The summed E-state index contributed by atoms with van der Waals surface area (Å²) in [5.74, 6) is 0.0355. The SMILES string of the molecule is CO.Cc1cc(C)c(Nc2ccc(C(c3ccc(Nc4ccccc4)cc3)c3ccc(Nc4ccccc4)cc3)c3ccccc23)c(C)c1. The number of aliphatic hydroxyl groups excluding tert-OH is 1. The molecule has 4 nitrogen and oxygen atoms in total. The molecule has 4 heteroatoms. The molecule has 0 atom stereocenters. The van der Waals surface area contributed by atoms with Crippen molar-refractivity contribution in [2.75, 3.05) is 23.1 Å². The molecule has 7 aromatic rings. The van der Waals surface area contributed by atoms with E-state index in [1.807, 2.05) is 36.4 Å². The van der Waals surface area contributed by atoms with Gasteiger partial charge in [-0.15, -0.1) is 0 Å². The van der Waals surface area contributed by atoms with Gasteiger partial charge in [0.05, 0.1) is 0 Å². The van der Waals surface area contributed by atoms with Gasteiger partial charge in [-0.05, 0) is 109 Å². The molecule has 244 valence electrons. The average Bonchev–Trinajstić information content (AvgIpc) is 3.13. The summed E-state index contributed by atoms with van der Waals surface area (Å²) in [5, 5.41) is 20.3. The van der Waals surface area contributed by atoms with E-state index in [2.05, 4.69) is 158 Å². The molecule has 0 radical (unpaired) electrons. The van der Waals surface area contributed by atoms with Gasteiger partial charge in [0.15, 0.2) is 0 Å². The van der Waals surface area contributed by atoms with E-state index in [-0.39, 0.29) is 5.92 Å². The molecular weight excluding hydrogens is 599 g/mol. The van der Waals surface area contributed by atoms with E-state index in [1.54, 1.807) is 0 Å². The molecule has 0 aromatic heterocycles. The Morgan fingerprint density at radius 2 is 0.857 bits per heavy atom. The smallest absolute Gasteiger partial charge is 0.0464 e. The van der Waals surface area contributed by atoms with Gasteiger partial charge in [0.25, 0.3) is 0 Å². The van der Waals surface area contributed by atoms with Crippen LogP contribution in [0.25, 0.3) is 10.8 Å². The molecule has 7 aromatic carbocycles. The third-order valence-corrected chi connectivity index (χ3v) is 8.82. The van der Waals surface area contributed by atoms with E-state index in [9.17, 15) is 0 Å². The molecule has 49 heavy (non-hydrogen) atoms. The first kappa shape index (κ1) is 33.1. The normalized spacial score (nSPS) is 10.7. The van der Waals surface area contributed by atoms with E-state index in [4.69, 9.17) is 5.11 Å². The largest absolute Gasteiger partial charge is 0.400 e. The maximum atomic E-state index is 7.00. The number of nitrogens with one attached hydrogen (secondary N) is 3. The van der Waals surface area contributed by atoms with Gasteiger partial charge in [-0.2, -0.15) is 0 Å². The molecule has 0 unspecified atom stereocenters. The van der Waals surface area contributed by atoms with Gasteiger partial charge in [-0.1, -0.05) is 109 Å². The quantitative estimate of drug-likeness (QED) is 0.119. The van der Waals surface area contributed by atoms with Crippen LogP contribution < -0.4 is 16.0 Å². The van der Waals surface area contributed by atoms with E-state index in [1.165, 1.54) is 49.8 Å². The van der Waals surface area contributed by atoms with Crippen LogP contribution in [-0.4, -0.2) is 12.2 Å². The molecule has 0 spiro atoms. The molecule has 0 aliphatic carbocycles. The van der Waals surface area contributed by atoms with Crippen LogP contribution in [0.15, 0.2) is 158 Å². The first-order valence-electron chi connectivity index (χ1n) is 16.7. The van der Waals surface area contributed by atoms with E-state index < -0.39 is 0 Å². The second-order valence-electron chi connectivity index (χ2n) is 12.3. The third kappa shape index (κ3) is 7.67. The Hall–Kier alpha value is -5.84. The molecule has 0 aliphatic heterocycles. The topological polar surface area (TPSA) is 56.3 Å². The summed E-state index contributed by atoms with van der Waals surface area (Å²) < 4.78 is 0.